The number of carbonyl (C=O) groups excluding carboxylic acids is 1. The van der Waals surface area contributed by atoms with E-state index in [4.69, 9.17) is 4.74 Å². The number of carbonyl (C=O) groups is 1. The zero-order chi connectivity index (χ0) is 15.3. The van der Waals surface area contributed by atoms with Crippen LogP contribution in [0.2, 0.25) is 0 Å². The van der Waals surface area contributed by atoms with E-state index in [-0.39, 0.29) is 5.75 Å². The van der Waals surface area contributed by atoms with Crippen molar-refractivity contribution < 1.29 is 17.9 Å². The van der Waals surface area contributed by atoms with Crippen molar-refractivity contribution in [3.8, 4) is 5.75 Å². The number of nitrogens with one attached hydrogen (secondary N) is 2. The van der Waals surface area contributed by atoms with Gasteiger partial charge in [0.2, 0.25) is 10.0 Å². The Bertz CT molecular complexity index is 597. The van der Waals surface area contributed by atoms with Crippen molar-refractivity contribution in [3.05, 3.63) is 23.3 Å². The zero-order valence-corrected chi connectivity index (χ0v) is 12.9. The summed E-state index contributed by atoms with van der Waals surface area (Å²) in [4.78, 5) is 11.2. The Morgan fingerprint density at radius 2 is 1.90 bits per heavy atom. The van der Waals surface area contributed by atoms with Gasteiger partial charge in [-0.2, -0.15) is 0 Å². The van der Waals surface area contributed by atoms with Gasteiger partial charge in [0, 0.05) is 7.05 Å². The van der Waals surface area contributed by atoms with Crippen LogP contribution in [-0.4, -0.2) is 27.3 Å². The van der Waals surface area contributed by atoms with E-state index in [2.05, 4.69) is 10.0 Å². The van der Waals surface area contributed by atoms with Crippen LogP contribution in [0, 0.1) is 13.8 Å². The molecule has 0 unspecified atom stereocenters. The van der Waals surface area contributed by atoms with Crippen LogP contribution in [0.15, 0.2) is 12.1 Å². The van der Waals surface area contributed by atoms with Crippen LogP contribution in [0.3, 0.4) is 0 Å². The lowest BCUT2D eigenvalue weighted by Crippen LogP contribution is -2.22. The summed E-state index contributed by atoms with van der Waals surface area (Å²) in [6.45, 7) is 5.30. The number of hydrogen-bond donors (Lipinski definition) is 2. The Hall–Kier alpha value is -1.76. The molecule has 6 nitrogen and oxygen atoms in total. The van der Waals surface area contributed by atoms with Gasteiger partial charge in [0.15, 0.2) is 0 Å². The fourth-order valence-electron chi connectivity index (χ4n) is 1.65. The molecule has 0 aromatic heterocycles. The Kier molecular flexibility index (Phi) is 5.38. The van der Waals surface area contributed by atoms with Gasteiger partial charge in [-0.3, -0.25) is 4.72 Å². The topological polar surface area (TPSA) is 84.5 Å². The number of anilines is 1. The highest BCUT2D eigenvalue weighted by Gasteiger charge is 2.13. The number of benzene rings is 1. The third kappa shape index (κ3) is 4.41. The van der Waals surface area contributed by atoms with Crippen LogP contribution in [-0.2, 0) is 10.0 Å². The van der Waals surface area contributed by atoms with E-state index in [1.807, 2.05) is 0 Å². The quantitative estimate of drug-likeness (QED) is 0.873. The largest absolute Gasteiger partial charge is 0.412 e. The molecule has 1 aromatic rings. The first-order valence-corrected chi connectivity index (χ1v) is 7.95. The van der Waals surface area contributed by atoms with Gasteiger partial charge in [-0.1, -0.05) is 6.92 Å². The lowest BCUT2D eigenvalue weighted by atomic mass is 10.1. The van der Waals surface area contributed by atoms with Crippen LogP contribution >= 0.6 is 0 Å². The third-order valence-electron chi connectivity index (χ3n) is 2.67. The van der Waals surface area contributed by atoms with E-state index in [1.54, 1.807) is 32.9 Å². The van der Waals surface area contributed by atoms with Crippen molar-refractivity contribution >= 4 is 21.8 Å². The Balaban J connectivity index is 3.02. The molecule has 1 rings (SSSR count). The van der Waals surface area contributed by atoms with Gasteiger partial charge < -0.3 is 10.1 Å². The molecule has 0 aliphatic heterocycles. The second kappa shape index (κ2) is 6.60. The monoisotopic (exact) mass is 300 g/mol. The third-order valence-corrected chi connectivity index (χ3v) is 4.14. The predicted octanol–water partition coefficient (Wildman–Crippen LogP) is 2.17. The van der Waals surface area contributed by atoms with E-state index in [0.29, 0.717) is 29.0 Å². The fraction of sp³-hybridized carbons (Fsp3) is 0.462. The molecule has 1 amide bonds. The summed E-state index contributed by atoms with van der Waals surface area (Å²) >= 11 is 0. The number of sulfonamides is 1. The maximum atomic E-state index is 11.8. The number of ether oxygens (including phenoxy) is 1. The van der Waals surface area contributed by atoms with Gasteiger partial charge in [-0.05, 0) is 43.5 Å². The van der Waals surface area contributed by atoms with Gasteiger partial charge in [-0.25, -0.2) is 13.2 Å². The smallest absolute Gasteiger partial charge is 0.410 e. The summed E-state index contributed by atoms with van der Waals surface area (Å²) < 4.78 is 31.2. The molecule has 0 aliphatic carbocycles. The minimum absolute atomic E-state index is 0.0714. The van der Waals surface area contributed by atoms with Gasteiger partial charge in [0.05, 0.1) is 11.4 Å². The highest BCUT2D eigenvalue weighted by atomic mass is 32.2. The van der Waals surface area contributed by atoms with Crippen LogP contribution in [0.5, 0.6) is 5.75 Å². The van der Waals surface area contributed by atoms with E-state index >= 15 is 0 Å². The highest BCUT2D eigenvalue weighted by Crippen LogP contribution is 2.27. The molecule has 0 saturated carbocycles. The zero-order valence-electron chi connectivity index (χ0n) is 12.1. The summed E-state index contributed by atoms with van der Waals surface area (Å²) in [7, 11) is -1.86. The van der Waals surface area contributed by atoms with Crippen LogP contribution in [0.4, 0.5) is 10.5 Å². The first-order chi connectivity index (χ1) is 9.29. The summed E-state index contributed by atoms with van der Waals surface area (Å²) in [5, 5.41) is 2.36. The number of rotatable bonds is 5. The summed E-state index contributed by atoms with van der Waals surface area (Å²) in [6.07, 6.45) is -0.0163. The van der Waals surface area contributed by atoms with Crippen LogP contribution in [0.25, 0.3) is 0 Å². The molecule has 0 atom stereocenters. The molecule has 2 N–H and O–H groups in total. The fourth-order valence-corrected chi connectivity index (χ4v) is 2.84. The average molecular weight is 300 g/mol. The summed E-state index contributed by atoms with van der Waals surface area (Å²) in [5.74, 6) is 0.474. The van der Waals surface area contributed by atoms with Crippen LogP contribution < -0.4 is 14.8 Å². The molecule has 0 fully saturated rings. The average Bonchev–Trinajstić information content (AvgIpc) is 2.34. The number of amides is 1. The molecule has 112 valence electrons. The lowest BCUT2D eigenvalue weighted by Gasteiger charge is -2.14. The number of aryl methyl sites for hydroxylation is 2. The number of hydrogen-bond acceptors (Lipinski definition) is 4. The first-order valence-electron chi connectivity index (χ1n) is 6.30. The predicted molar refractivity (Wildman–Crippen MR) is 78.7 cm³/mol. The molecule has 20 heavy (non-hydrogen) atoms. The maximum Gasteiger partial charge on any atom is 0.412 e. The van der Waals surface area contributed by atoms with Crippen molar-refractivity contribution in [1.82, 2.24) is 5.32 Å². The molecule has 0 radical (unpaired) electrons. The van der Waals surface area contributed by atoms with E-state index in [0.717, 1.165) is 0 Å². The second-order valence-electron chi connectivity index (χ2n) is 4.49. The standard InChI is InChI=1S/C13H20N2O4S/c1-5-6-20(17,18)15-11-7-10(3)12(8-9(11)2)19-13(16)14-4/h7-8,15H,5-6H2,1-4H3,(H,14,16). The van der Waals surface area contributed by atoms with Crippen molar-refractivity contribution in [3.63, 3.8) is 0 Å². The van der Waals surface area contributed by atoms with Gasteiger partial charge >= 0.3 is 6.09 Å². The van der Waals surface area contributed by atoms with Crippen molar-refractivity contribution in [2.45, 2.75) is 27.2 Å². The van der Waals surface area contributed by atoms with E-state index < -0.39 is 16.1 Å². The minimum Gasteiger partial charge on any atom is -0.410 e. The molecule has 0 heterocycles. The minimum atomic E-state index is -3.33. The summed E-state index contributed by atoms with van der Waals surface area (Å²) in [6, 6.07) is 3.29. The Morgan fingerprint density at radius 3 is 2.45 bits per heavy atom. The first kappa shape index (κ1) is 16.3. The molecule has 0 bridgehead atoms. The summed E-state index contributed by atoms with van der Waals surface area (Å²) in [5.41, 5.74) is 1.86. The Labute approximate surface area is 119 Å². The SMILES string of the molecule is CCCS(=O)(=O)Nc1cc(C)c(OC(=O)NC)cc1C. The van der Waals surface area contributed by atoms with Gasteiger partial charge in [-0.15, -0.1) is 0 Å². The molecular weight excluding hydrogens is 280 g/mol. The maximum absolute atomic E-state index is 11.8. The molecule has 1 aromatic carbocycles. The van der Waals surface area contributed by atoms with Crippen molar-refractivity contribution in [2.24, 2.45) is 0 Å². The van der Waals surface area contributed by atoms with Gasteiger partial charge in [0.25, 0.3) is 0 Å². The molecular formula is C13H20N2O4S. The normalized spacial score (nSPS) is 11.0. The van der Waals surface area contributed by atoms with Crippen molar-refractivity contribution in [1.29, 1.82) is 0 Å². The molecule has 0 aliphatic rings. The van der Waals surface area contributed by atoms with Crippen molar-refractivity contribution in [2.75, 3.05) is 17.5 Å². The second-order valence-corrected chi connectivity index (χ2v) is 6.33. The van der Waals surface area contributed by atoms with Gasteiger partial charge in [0.1, 0.15) is 5.75 Å². The van der Waals surface area contributed by atoms with E-state index in [9.17, 15) is 13.2 Å². The Morgan fingerprint density at radius 1 is 1.25 bits per heavy atom. The van der Waals surface area contributed by atoms with E-state index in [1.165, 1.54) is 7.05 Å². The molecule has 0 spiro atoms. The highest BCUT2D eigenvalue weighted by molar-refractivity contribution is 7.92. The molecule has 0 saturated heterocycles. The molecule has 7 heteroatoms. The van der Waals surface area contributed by atoms with Crippen LogP contribution in [0.1, 0.15) is 24.5 Å². The lowest BCUT2D eigenvalue weighted by molar-refractivity contribution is 0.202.